The smallest absolute Gasteiger partial charge is 0.248 e. The molecular weight excluding hydrogens is 292 g/mol. The number of nitrogens with zero attached hydrogens (tertiary/aromatic N) is 1. The van der Waals surface area contributed by atoms with Crippen molar-refractivity contribution in [2.24, 2.45) is 0 Å². The molecule has 0 unspecified atom stereocenters. The molecule has 0 aliphatic carbocycles. The quantitative estimate of drug-likeness (QED) is 0.809. The van der Waals surface area contributed by atoms with Crippen molar-refractivity contribution in [2.45, 2.75) is 44.1 Å². The minimum atomic E-state index is -0.268. The first kappa shape index (κ1) is 16.4. The number of benzene rings is 1. The van der Waals surface area contributed by atoms with Gasteiger partial charge in [0.2, 0.25) is 5.91 Å². The van der Waals surface area contributed by atoms with Crippen LogP contribution in [0.15, 0.2) is 30.3 Å². The van der Waals surface area contributed by atoms with Gasteiger partial charge >= 0.3 is 0 Å². The molecule has 1 aromatic carbocycles. The number of carbonyl (C=O) groups excluding carboxylic acids is 1. The van der Waals surface area contributed by atoms with Crippen molar-refractivity contribution in [2.75, 3.05) is 26.7 Å². The topological polar surface area (TPSA) is 50.8 Å². The average molecular weight is 318 g/mol. The third-order valence-electron chi connectivity index (χ3n) is 4.84. The van der Waals surface area contributed by atoms with E-state index in [2.05, 4.69) is 22.3 Å². The fraction of sp³-hybridized carbons (Fsp3) is 0.611. The van der Waals surface area contributed by atoms with Gasteiger partial charge in [0.25, 0.3) is 0 Å². The lowest BCUT2D eigenvalue weighted by atomic mass is 9.98. The Labute approximate surface area is 137 Å². The Morgan fingerprint density at radius 2 is 2.13 bits per heavy atom. The van der Waals surface area contributed by atoms with E-state index >= 15 is 0 Å². The van der Waals surface area contributed by atoms with E-state index in [9.17, 15) is 4.79 Å². The maximum absolute atomic E-state index is 11.7. The summed E-state index contributed by atoms with van der Waals surface area (Å²) in [6.07, 6.45) is 2.77. The van der Waals surface area contributed by atoms with Crippen LogP contribution in [0.2, 0.25) is 0 Å². The summed E-state index contributed by atoms with van der Waals surface area (Å²) in [6.45, 7) is 3.36. The van der Waals surface area contributed by atoms with Crippen LogP contribution >= 0.6 is 0 Å². The number of carbonyl (C=O) groups is 1. The third-order valence-corrected chi connectivity index (χ3v) is 4.84. The van der Waals surface area contributed by atoms with Crippen molar-refractivity contribution in [3.05, 3.63) is 35.9 Å². The molecule has 5 heteroatoms. The van der Waals surface area contributed by atoms with Gasteiger partial charge in [-0.05, 0) is 24.8 Å². The van der Waals surface area contributed by atoms with E-state index in [-0.39, 0.29) is 18.1 Å². The zero-order valence-electron chi connectivity index (χ0n) is 13.7. The molecule has 3 atom stereocenters. The predicted octanol–water partition coefficient (Wildman–Crippen LogP) is 1.57. The molecule has 2 aliphatic rings. The molecule has 0 spiro atoms. The second kappa shape index (κ2) is 7.90. The van der Waals surface area contributed by atoms with Crippen LogP contribution in [0.5, 0.6) is 0 Å². The molecule has 126 valence electrons. The molecule has 2 heterocycles. The molecule has 0 radical (unpaired) electrons. The fourth-order valence-corrected chi connectivity index (χ4v) is 3.59. The monoisotopic (exact) mass is 318 g/mol. The van der Waals surface area contributed by atoms with E-state index in [0.29, 0.717) is 12.6 Å². The van der Waals surface area contributed by atoms with Crippen LogP contribution in [0.25, 0.3) is 0 Å². The first-order chi connectivity index (χ1) is 11.3. The zero-order valence-corrected chi connectivity index (χ0v) is 13.7. The zero-order chi connectivity index (χ0) is 16.1. The summed E-state index contributed by atoms with van der Waals surface area (Å²) < 4.78 is 11.8. The summed E-state index contributed by atoms with van der Waals surface area (Å²) in [5.74, 6) is 0.00749. The van der Waals surface area contributed by atoms with Crippen molar-refractivity contribution < 1.29 is 14.3 Å². The first-order valence-electron chi connectivity index (χ1n) is 8.50. The second-order valence-electron chi connectivity index (χ2n) is 6.28. The number of likely N-dealkylation sites (tertiary alicyclic amines) is 1. The lowest BCUT2D eigenvalue weighted by Crippen LogP contribution is -2.47. The molecule has 5 nitrogen and oxygen atoms in total. The van der Waals surface area contributed by atoms with E-state index in [4.69, 9.17) is 9.47 Å². The molecule has 3 rings (SSSR count). The second-order valence-corrected chi connectivity index (χ2v) is 6.28. The van der Waals surface area contributed by atoms with Crippen LogP contribution in [0.4, 0.5) is 0 Å². The lowest BCUT2D eigenvalue weighted by Gasteiger charge is -2.35. The summed E-state index contributed by atoms with van der Waals surface area (Å²) in [4.78, 5) is 14.2. The molecule has 0 aromatic heterocycles. The van der Waals surface area contributed by atoms with Crippen molar-refractivity contribution in [1.29, 1.82) is 0 Å². The number of nitrogens with one attached hydrogen (secondary N) is 1. The number of hydrogen-bond donors (Lipinski definition) is 1. The SMILES string of the molecule is CNC(=O)[C@H]1CC[C@@H]2[C@@H](CCN2CCOCc2ccccc2)O1. The van der Waals surface area contributed by atoms with Gasteiger partial charge in [-0.1, -0.05) is 30.3 Å². The van der Waals surface area contributed by atoms with Gasteiger partial charge < -0.3 is 14.8 Å². The Bertz CT molecular complexity index is 508. The average Bonchev–Trinajstić information content (AvgIpc) is 3.01. The normalized spacial score (nSPS) is 27.6. The Kier molecular flexibility index (Phi) is 5.65. The van der Waals surface area contributed by atoms with Gasteiger partial charge in [-0.15, -0.1) is 0 Å². The summed E-state index contributed by atoms with van der Waals surface area (Å²) in [5, 5.41) is 2.69. The van der Waals surface area contributed by atoms with Gasteiger partial charge in [0.1, 0.15) is 6.10 Å². The van der Waals surface area contributed by atoms with E-state index in [0.717, 1.165) is 39.0 Å². The minimum absolute atomic E-state index is 0.00749. The number of fused-ring (bicyclic) bond motifs is 1. The highest BCUT2D eigenvalue weighted by molar-refractivity contribution is 5.80. The van der Waals surface area contributed by atoms with Gasteiger partial charge in [-0.25, -0.2) is 0 Å². The molecule has 1 N–H and O–H groups in total. The van der Waals surface area contributed by atoms with Gasteiger partial charge in [0, 0.05) is 26.2 Å². The fourth-order valence-electron chi connectivity index (χ4n) is 3.59. The number of rotatable bonds is 6. The van der Waals surface area contributed by atoms with E-state index < -0.39 is 0 Å². The highest BCUT2D eigenvalue weighted by Crippen LogP contribution is 2.31. The van der Waals surface area contributed by atoms with E-state index in [1.54, 1.807) is 7.05 Å². The maximum Gasteiger partial charge on any atom is 0.248 e. The van der Waals surface area contributed by atoms with Crippen LogP contribution in [-0.2, 0) is 20.9 Å². The standard InChI is InChI=1S/C18H26N2O3/c1-19-18(21)17-8-7-15-16(23-17)9-10-20(15)11-12-22-13-14-5-3-2-4-6-14/h2-6,15-17H,7-13H2,1H3,(H,19,21)/t15-,16-,17-/m1/s1. The van der Waals surface area contributed by atoms with Crippen LogP contribution in [-0.4, -0.2) is 55.8 Å². The number of hydrogen-bond acceptors (Lipinski definition) is 4. The summed E-state index contributed by atoms with van der Waals surface area (Å²) >= 11 is 0. The molecular formula is C18H26N2O3. The molecule has 0 saturated carbocycles. The third kappa shape index (κ3) is 4.10. The Hall–Kier alpha value is -1.43. The summed E-state index contributed by atoms with van der Waals surface area (Å²) in [5.41, 5.74) is 1.21. The summed E-state index contributed by atoms with van der Waals surface area (Å²) in [7, 11) is 1.67. The summed E-state index contributed by atoms with van der Waals surface area (Å²) in [6, 6.07) is 10.7. The highest BCUT2D eigenvalue weighted by Gasteiger charge is 2.41. The molecule has 2 fully saturated rings. The molecule has 23 heavy (non-hydrogen) atoms. The van der Waals surface area contributed by atoms with Crippen molar-refractivity contribution in [1.82, 2.24) is 10.2 Å². The highest BCUT2D eigenvalue weighted by atomic mass is 16.5. The number of likely N-dealkylation sites (N-methyl/N-ethyl adjacent to an activating group) is 1. The van der Waals surface area contributed by atoms with Crippen LogP contribution in [0.1, 0.15) is 24.8 Å². The van der Waals surface area contributed by atoms with Gasteiger partial charge in [-0.3, -0.25) is 9.69 Å². The largest absolute Gasteiger partial charge is 0.375 e. The van der Waals surface area contributed by atoms with E-state index in [1.807, 2.05) is 18.2 Å². The van der Waals surface area contributed by atoms with Crippen molar-refractivity contribution >= 4 is 5.91 Å². The van der Waals surface area contributed by atoms with Crippen LogP contribution < -0.4 is 5.32 Å². The number of amides is 1. The lowest BCUT2D eigenvalue weighted by molar-refractivity contribution is -0.143. The molecule has 2 aliphatic heterocycles. The minimum Gasteiger partial charge on any atom is -0.375 e. The van der Waals surface area contributed by atoms with Gasteiger partial charge in [0.15, 0.2) is 0 Å². The predicted molar refractivity (Wildman–Crippen MR) is 88.0 cm³/mol. The van der Waals surface area contributed by atoms with Crippen LogP contribution in [0.3, 0.4) is 0 Å². The maximum atomic E-state index is 11.7. The Morgan fingerprint density at radius 1 is 1.30 bits per heavy atom. The van der Waals surface area contributed by atoms with Crippen molar-refractivity contribution in [3.8, 4) is 0 Å². The Balaban J connectivity index is 1.40. The molecule has 1 aromatic rings. The molecule has 2 saturated heterocycles. The molecule has 1 amide bonds. The molecule has 0 bridgehead atoms. The van der Waals surface area contributed by atoms with Crippen molar-refractivity contribution in [3.63, 3.8) is 0 Å². The van der Waals surface area contributed by atoms with Crippen LogP contribution in [0, 0.1) is 0 Å². The Morgan fingerprint density at radius 3 is 2.91 bits per heavy atom. The van der Waals surface area contributed by atoms with Gasteiger partial charge in [-0.2, -0.15) is 0 Å². The first-order valence-corrected chi connectivity index (χ1v) is 8.50. The van der Waals surface area contributed by atoms with Gasteiger partial charge in [0.05, 0.1) is 19.3 Å². The van der Waals surface area contributed by atoms with E-state index in [1.165, 1.54) is 5.56 Å². The number of ether oxygens (including phenoxy) is 2.